The molecule has 2 aromatic heterocycles. The molecule has 2 N–H and O–H groups in total. The van der Waals surface area contributed by atoms with Gasteiger partial charge in [-0.25, -0.2) is 0 Å². The predicted octanol–water partition coefficient (Wildman–Crippen LogP) is 3.15. The average molecular weight is 239 g/mol. The summed E-state index contributed by atoms with van der Waals surface area (Å²) in [5.41, 5.74) is 8.25. The molecule has 1 atom stereocenters. The van der Waals surface area contributed by atoms with E-state index in [4.69, 9.17) is 17.3 Å². The maximum Gasteiger partial charge on any atom is 0.0931 e. The molecule has 2 rings (SSSR count). The summed E-state index contributed by atoms with van der Waals surface area (Å²) in [6, 6.07) is 5.74. The third kappa shape index (κ3) is 2.37. The van der Waals surface area contributed by atoms with E-state index < -0.39 is 0 Å². The molecule has 0 radical (unpaired) electrons. The molecule has 78 valence electrons. The fourth-order valence-electron chi connectivity index (χ4n) is 1.41. The molecular weight excluding hydrogens is 228 g/mol. The standard InChI is InChI=1S/C11H11ClN2S/c1-7-4-8(6-14-5-7)11(13)9-2-3-10(12)15-9/h2-6,11H,13H2,1H3. The van der Waals surface area contributed by atoms with E-state index in [1.165, 1.54) is 11.3 Å². The zero-order valence-electron chi connectivity index (χ0n) is 8.27. The Hall–Kier alpha value is -0.900. The zero-order valence-corrected chi connectivity index (χ0v) is 9.85. The smallest absolute Gasteiger partial charge is 0.0931 e. The number of aryl methyl sites for hydroxylation is 1. The van der Waals surface area contributed by atoms with Crippen LogP contribution in [0, 0.1) is 6.92 Å². The molecule has 2 heterocycles. The van der Waals surface area contributed by atoms with Crippen molar-refractivity contribution in [1.82, 2.24) is 4.98 Å². The van der Waals surface area contributed by atoms with E-state index in [2.05, 4.69) is 4.98 Å². The van der Waals surface area contributed by atoms with Gasteiger partial charge in [-0.3, -0.25) is 4.98 Å². The summed E-state index contributed by atoms with van der Waals surface area (Å²) in [5.74, 6) is 0. The zero-order chi connectivity index (χ0) is 10.8. The number of hydrogen-bond acceptors (Lipinski definition) is 3. The summed E-state index contributed by atoms with van der Waals surface area (Å²) < 4.78 is 0.765. The molecule has 0 fully saturated rings. The molecular formula is C11H11ClN2S. The van der Waals surface area contributed by atoms with Crippen LogP contribution in [0.1, 0.15) is 22.0 Å². The lowest BCUT2D eigenvalue weighted by Gasteiger charge is -2.09. The van der Waals surface area contributed by atoms with Crippen molar-refractivity contribution in [1.29, 1.82) is 0 Å². The second-order valence-electron chi connectivity index (χ2n) is 3.42. The highest BCUT2D eigenvalue weighted by Gasteiger charge is 2.11. The monoisotopic (exact) mass is 238 g/mol. The summed E-state index contributed by atoms with van der Waals surface area (Å²) in [4.78, 5) is 5.19. The lowest BCUT2D eigenvalue weighted by molar-refractivity contribution is 0.881. The first-order chi connectivity index (χ1) is 7.16. The SMILES string of the molecule is Cc1cncc(C(N)c2ccc(Cl)s2)c1. The Morgan fingerprint density at radius 3 is 2.80 bits per heavy atom. The van der Waals surface area contributed by atoms with Gasteiger partial charge in [0.05, 0.1) is 10.4 Å². The minimum absolute atomic E-state index is 0.130. The molecule has 0 aliphatic heterocycles. The number of aromatic nitrogens is 1. The van der Waals surface area contributed by atoms with E-state index in [1.807, 2.05) is 31.3 Å². The van der Waals surface area contributed by atoms with Crippen LogP contribution in [-0.4, -0.2) is 4.98 Å². The van der Waals surface area contributed by atoms with E-state index in [9.17, 15) is 0 Å². The lowest BCUT2D eigenvalue weighted by Crippen LogP contribution is -2.10. The highest BCUT2D eigenvalue weighted by Crippen LogP contribution is 2.29. The van der Waals surface area contributed by atoms with Crippen molar-refractivity contribution in [3.05, 3.63) is 50.9 Å². The summed E-state index contributed by atoms with van der Waals surface area (Å²) in [6.07, 6.45) is 3.61. The van der Waals surface area contributed by atoms with Crippen molar-refractivity contribution in [2.75, 3.05) is 0 Å². The highest BCUT2D eigenvalue weighted by atomic mass is 35.5. The largest absolute Gasteiger partial charge is 0.320 e. The maximum atomic E-state index is 6.11. The normalized spacial score (nSPS) is 12.7. The Kier molecular flexibility index (Phi) is 3.05. The minimum atomic E-state index is -0.130. The van der Waals surface area contributed by atoms with Crippen LogP contribution in [-0.2, 0) is 0 Å². The number of hydrogen-bond donors (Lipinski definition) is 1. The van der Waals surface area contributed by atoms with Gasteiger partial charge in [0.25, 0.3) is 0 Å². The van der Waals surface area contributed by atoms with Gasteiger partial charge >= 0.3 is 0 Å². The second-order valence-corrected chi connectivity index (χ2v) is 5.16. The van der Waals surface area contributed by atoms with Crippen molar-refractivity contribution >= 4 is 22.9 Å². The van der Waals surface area contributed by atoms with Gasteiger partial charge in [0.15, 0.2) is 0 Å². The van der Waals surface area contributed by atoms with E-state index in [0.717, 1.165) is 20.3 Å². The highest BCUT2D eigenvalue weighted by molar-refractivity contribution is 7.16. The van der Waals surface area contributed by atoms with Crippen LogP contribution in [0.4, 0.5) is 0 Å². The third-order valence-electron chi connectivity index (χ3n) is 2.16. The van der Waals surface area contributed by atoms with Gasteiger partial charge in [-0.1, -0.05) is 17.7 Å². The van der Waals surface area contributed by atoms with E-state index in [-0.39, 0.29) is 6.04 Å². The summed E-state index contributed by atoms with van der Waals surface area (Å²) in [6.45, 7) is 2.00. The topological polar surface area (TPSA) is 38.9 Å². The van der Waals surface area contributed by atoms with Gasteiger partial charge < -0.3 is 5.73 Å². The number of nitrogens with two attached hydrogens (primary N) is 1. The molecule has 0 saturated carbocycles. The van der Waals surface area contributed by atoms with Crippen LogP contribution in [0.25, 0.3) is 0 Å². The molecule has 0 aliphatic rings. The Morgan fingerprint density at radius 2 is 2.20 bits per heavy atom. The van der Waals surface area contributed by atoms with Gasteiger partial charge in [-0.05, 0) is 30.2 Å². The van der Waals surface area contributed by atoms with Gasteiger partial charge in [-0.2, -0.15) is 0 Å². The number of halogens is 1. The molecule has 4 heteroatoms. The molecule has 15 heavy (non-hydrogen) atoms. The summed E-state index contributed by atoms with van der Waals surface area (Å²) in [5, 5.41) is 0. The van der Waals surface area contributed by atoms with Crippen LogP contribution in [0.2, 0.25) is 4.34 Å². The summed E-state index contributed by atoms with van der Waals surface area (Å²) >= 11 is 7.38. The second kappa shape index (κ2) is 4.31. The average Bonchev–Trinajstić information content (AvgIpc) is 2.64. The van der Waals surface area contributed by atoms with Crippen molar-refractivity contribution in [2.24, 2.45) is 5.73 Å². The predicted molar refractivity (Wildman–Crippen MR) is 64.3 cm³/mol. The van der Waals surface area contributed by atoms with Gasteiger partial charge in [0.2, 0.25) is 0 Å². The van der Waals surface area contributed by atoms with Gasteiger partial charge in [-0.15, -0.1) is 11.3 Å². The number of thiophene rings is 1. The van der Waals surface area contributed by atoms with Gasteiger partial charge in [0, 0.05) is 17.3 Å². The first kappa shape index (κ1) is 10.6. The first-order valence-corrected chi connectivity index (χ1v) is 5.78. The lowest BCUT2D eigenvalue weighted by atomic mass is 10.1. The van der Waals surface area contributed by atoms with Crippen LogP contribution in [0.3, 0.4) is 0 Å². The third-order valence-corrected chi connectivity index (χ3v) is 3.47. The van der Waals surface area contributed by atoms with E-state index in [1.54, 1.807) is 6.20 Å². The van der Waals surface area contributed by atoms with Crippen molar-refractivity contribution in [2.45, 2.75) is 13.0 Å². The van der Waals surface area contributed by atoms with Crippen LogP contribution in [0.5, 0.6) is 0 Å². The Bertz CT molecular complexity index is 467. The van der Waals surface area contributed by atoms with Crippen molar-refractivity contribution in [3.8, 4) is 0 Å². The molecule has 0 saturated heterocycles. The molecule has 0 aliphatic carbocycles. The number of nitrogens with zero attached hydrogens (tertiary/aromatic N) is 1. The first-order valence-electron chi connectivity index (χ1n) is 4.59. The molecule has 0 aromatic carbocycles. The maximum absolute atomic E-state index is 6.11. The molecule has 0 bridgehead atoms. The van der Waals surface area contributed by atoms with Crippen LogP contribution >= 0.6 is 22.9 Å². The van der Waals surface area contributed by atoms with Crippen LogP contribution in [0.15, 0.2) is 30.6 Å². The van der Waals surface area contributed by atoms with Crippen molar-refractivity contribution in [3.63, 3.8) is 0 Å². The summed E-state index contributed by atoms with van der Waals surface area (Å²) in [7, 11) is 0. The molecule has 0 spiro atoms. The fraction of sp³-hybridized carbons (Fsp3) is 0.182. The molecule has 0 amide bonds. The Balaban J connectivity index is 2.32. The van der Waals surface area contributed by atoms with E-state index in [0.29, 0.717) is 0 Å². The molecule has 2 aromatic rings. The fourth-order valence-corrected chi connectivity index (χ4v) is 2.50. The number of pyridine rings is 1. The van der Waals surface area contributed by atoms with Crippen molar-refractivity contribution < 1.29 is 0 Å². The minimum Gasteiger partial charge on any atom is -0.320 e. The van der Waals surface area contributed by atoms with E-state index >= 15 is 0 Å². The van der Waals surface area contributed by atoms with Crippen LogP contribution < -0.4 is 5.73 Å². The Labute approximate surface area is 97.7 Å². The van der Waals surface area contributed by atoms with Gasteiger partial charge in [0.1, 0.15) is 0 Å². The molecule has 2 nitrogen and oxygen atoms in total. The number of rotatable bonds is 2. The molecule has 1 unspecified atom stereocenters. The quantitative estimate of drug-likeness (QED) is 0.873. The Morgan fingerprint density at radius 1 is 1.40 bits per heavy atom.